The first-order valence-electron chi connectivity index (χ1n) is 10.9. The minimum atomic E-state index is -0.808. The molecule has 3 rings (SSSR count). The Kier molecular flexibility index (Phi) is 6.03. The molecular formula is C21H36N4O3. The molecule has 158 valence electrons. The number of carbonyl (C=O) groups is 3. The lowest BCUT2D eigenvalue weighted by Gasteiger charge is -2.42. The van der Waals surface area contributed by atoms with Gasteiger partial charge in [-0.05, 0) is 63.3 Å². The Balaban J connectivity index is 1.59. The Bertz CT molecular complexity index is 625. The van der Waals surface area contributed by atoms with Gasteiger partial charge in [-0.25, -0.2) is 4.79 Å². The summed E-state index contributed by atoms with van der Waals surface area (Å²) in [5.41, 5.74) is -0.561. The minimum Gasteiger partial charge on any atom is -0.350 e. The molecule has 1 aliphatic carbocycles. The number of rotatable bonds is 5. The van der Waals surface area contributed by atoms with Crippen LogP contribution in [0.5, 0.6) is 0 Å². The van der Waals surface area contributed by atoms with Gasteiger partial charge in [0, 0.05) is 12.1 Å². The van der Waals surface area contributed by atoms with E-state index in [1.54, 1.807) is 0 Å². The summed E-state index contributed by atoms with van der Waals surface area (Å²) in [6.07, 6.45) is 6.21. The predicted molar refractivity (Wildman–Crippen MR) is 108 cm³/mol. The SMILES string of the molecule is CCC(C)(C)C1CCC2(CC1)NC(=O)N(CC(=O)NC1CCCNC1C)C2=O. The zero-order valence-electron chi connectivity index (χ0n) is 17.8. The highest BCUT2D eigenvalue weighted by atomic mass is 16.2. The van der Waals surface area contributed by atoms with Crippen molar-refractivity contribution in [1.82, 2.24) is 20.9 Å². The van der Waals surface area contributed by atoms with Crippen molar-refractivity contribution in [3.63, 3.8) is 0 Å². The first-order chi connectivity index (χ1) is 13.2. The molecule has 3 N–H and O–H groups in total. The number of nitrogens with zero attached hydrogens (tertiary/aromatic N) is 1. The fourth-order valence-corrected chi connectivity index (χ4v) is 4.98. The molecule has 1 spiro atoms. The molecule has 2 saturated heterocycles. The molecule has 4 amide bonds. The molecule has 7 nitrogen and oxygen atoms in total. The smallest absolute Gasteiger partial charge is 0.325 e. The first kappa shape index (κ1) is 21.1. The number of carbonyl (C=O) groups excluding carboxylic acids is 3. The number of imide groups is 1. The van der Waals surface area contributed by atoms with Gasteiger partial charge in [0.2, 0.25) is 5.91 Å². The molecule has 0 radical (unpaired) electrons. The first-order valence-corrected chi connectivity index (χ1v) is 10.9. The Morgan fingerprint density at radius 1 is 1.25 bits per heavy atom. The van der Waals surface area contributed by atoms with Gasteiger partial charge in [0.25, 0.3) is 5.91 Å². The van der Waals surface area contributed by atoms with Crippen LogP contribution in [0.1, 0.15) is 72.6 Å². The van der Waals surface area contributed by atoms with Crippen molar-refractivity contribution in [3.8, 4) is 0 Å². The van der Waals surface area contributed by atoms with E-state index in [-0.39, 0.29) is 35.9 Å². The molecule has 3 aliphatic rings. The number of piperidine rings is 1. The second-order valence-electron chi connectivity index (χ2n) is 9.58. The molecular weight excluding hydrogens is 356 g/mol. The van der Waals surface area contributed by atoms with Crippen LogP contribution < -0.4 is 16.0 Å². The largest absolute Gasteiger partial charge is 0.350 e. The van der Waals surface area contributed by atoms with Gasteiger partial charge in [-0.3, -0.25) is 14.5 Å². The van der Waals surface area contributed by atoms with Gasteiger partial charge in [-0.15, -0.1) is 0 Å². The van der Waals surface area contributed by atoms with Crippen molar-refractivity contribution >= 4 is 17.8 Å². The normalized spacial score (nSPS) is 33.9. The lowest BCUT2D eigenvalue weighted by Crippen LogP contribution is -2.54. The molecule has 2 heterocycles. The van der Waals surface area contributed by atoms with Crippen LogP contribution in [0, 0.1) is 11.3 Å². The quantitative estimate of drug-likeness (QED) is 0.626. The number of nitrogens with one attached hydrogen (secondary N) is 3. The van der Waals surface area contributed by atoms with E-state index in [0.717, 1.165) is 43.5 Å². The van der Waals surface area contributed by atoms with Gasteiger partial charge in [-0.2, -0.15) is 0 Å². The highest BCUT2D eigenvalue weighted by Gasteiger charge is 2.53. The van der Waals surface area contributed by atoms with Crippen molar-refractivity contribution in [2.45, 2.75) is 90.3 Å². The number of hydrogen-bond donors (Lipinski definition) is 3. The summed E-state index contributed by atoms with van der Waals surface area (Å²) in [5.74, 6) is 0.0718. The van der Waals surface area contributed by atoms with E-state index >= 15 is 0 Å². The van der Waals surface area contributed by atoms with Crippen LogP contribution in [-0.4, -0.2) is 53.5 Å². The number of urea groups is 1. The molecule has 28 heavy (non-hydrogen) atoms. The van der Waals surface area contributed by atoms with Crippen molar-refractivity contribution in [2.75, 3.05) is 13.1 Å². The van der Waals surface area contributed by atoms with Crippen molar-refractivity contribution in [3.05, 3.63) is 0 Å². The van der Waals surface area contributed by atoms with Crippen LogP contribution in [0.2, 0.25) is 0 Å². The topological polar surface area (TPSA) is 90.5 Å². The van der Waals surface area contributed by atoms with Gasteiger partial charge in [0.15, 0.2) is 0 Å². The molecule has 0 aromatic rings. The maximum absolute atomic E-state index is 13.1. The highest BCUT2D eigenvalue weighted by molar-refractivity contribution is 6.09. The summed E-state index contributed by atoms with van der Waals surface area (Å²) in [7, 11) is 0. The maximum atomic E-state index is 13.1. The average molecular weight is 393 g/mol. The van der Waals surface area contributed by atoms with E-state index in [1.807, 2.05) is 6.92 Å². The Morgan fingerprint density at radius 2 is 1.93 bits per heavy atom. The van der Waals surface area contributed by atoms with E-state index in [4.69, 9.17) is 0 Å². The minimum absolute atomic E-state index is 0.0442. The Hall–Kier alpha value is -1.63. The summed E-state index contributed by atoms with van der Waals surface area (Å²) in [6.45, 7) is 9.57. The molecule has 3 fully saturated rings. The third-order valence-corrected chi connectivity index (χ3v) is 7.51. The monoisotopic (exact) mass is 392 g/mol. The van der Waals surface area contributed by atoms with Gasteiger partial charge in [0.1, 0.15) is 12.1 Å². The summed E-state index contributed by atoms with van der Waals surface area (Å²) < 4.78 is 0. The van der Waals surface area contributed by atoms with E-state index in [9.17, 15) is 14.4 Å². The zero-order chi connectivity index (χ0) is 20.5. The predicted octanol–water partition coefficient (Wildman–Crippen LogP) is 2.16. The summed E-state index contributed by atoms with van der Waals surface area (Å²) >= 11 is 0. The third-order valence-electron chi connectivity index (χ3n) is 7.51. The van der Waals surface area contributed by atoms with Gasteiger partial charge >= 0.3 is 6.03 Å². The molecule has 7 heteroatoms. The zero-order valence-corrected chi connectivity index (χ0v) is 17.8. The molecule has 2 atom stereocenters. The molecule has 0 bridgehead atoms. The van der Waals surface area contributed by atoms with E-state index in [2.05, 4.69) is 36.7 Å². The third kappa shape index (κ3) is 4.04. The van der Waals surface area contributed by atoms with Crippen molar-refractivity contribution in [1.29, 1.82) is 0 Å². The van der Waals surface area contributed by atoms with Crippen LogP contribution in [0.25, 0.3) is 0 Å². The highest BCUT2D eigenvalue weighted by Crippen LogP contribution is 2.45. The Morgan fingerprint density at radius 3 is 2.54 bits per heavy atom. The average Bonchev–Trinajstić information content (AvgIpc) is 2.88. The lowest BCUT2D eigenvalue weighted by molar-refractivity contribution is -0.136. The van der Waals surface area contributed by atoms with Crippen LogP contribution in [0.4, 0.5) is 4.79 Å². The summed E-state index contributed by atoms with van der Waals surface area (Å²) in [6, 6.07) is -0.185. The summed E-state index contributed by atoms with van der Waals surface area (Å²) in [4.78, 5) is 39.1. The van der Waals surface area contributed by atoms with Crippen molar-refractivity contribution < 1.29 is 14.4 Å². The molecule has 1 saturated carbocycles. The van der Waals surface area contributed by atoms with E-state index < -0.39 is 11.6 Å². The van der Waals surface area contributed by atoms with E-state index in [1.165, 1.54) is 0 Å². The van der Waals surface area contributed by atoms with Gasteiger partial charge < -0.3 is 16.0 Å². The second kappa shape index (κ2) is 8.01. The van der Waals surface area contributed by atoms with Crippen LogP contribution in [0.3, 0.4) is 0 Å². The van der Waals surface area contributed by atoms with Crippen LogP contribution in [-0.2, 0) is 9.59 Å². The van der Waals surface area contributed by atoms with Gasteiger partial charge in [0.05, 0.1) is 0 Å². The lowest BCUT2D eigenvalue weighted by atomic mass is 9.65. The second-order valence-corrected chi connectivity index (χ2v) is 9.58. The molecule has 0 aromatic heterocycles. The van der Waals surface area contributed by atoms with Crippen LogP contribution >= 0.6 is 0 Å². The van der Waals surface area contributed by atoms with Crippen LogP contribution in [0.15, 0.2) is 0 Å². The fourth-order valence-electron chi connectivity index (χ4n) is 4.98. The number of amides is 4. The Labute approximate surface area is 168 Å². The van der Waals surface area contributed by atoms with Gasteiger partial charge in [-0.1, -0.05) is 27.2 Å². The number of hydrogen-bond acceptors (Lipinski definition) is 4. The molecule has 2 unspecified atom stereocenters. The van der Waals surface area contributed by atoms with Crippen molar-refractivity contribution in [2.24, 2.45) is 11.3 Å². The molecule has 2 aliphatic heterocycles. The standard InChI is InChI=1S/C21H36N4O3/c1-5-20(3,4)15-8-10-21(11-9-15)18(27)25(19(28)24-21)13-17(26)23-16-7-6-12-22-14(16)2/h14-16,22H,5-13H2,1-4H3,(H,23,26)(H,24,28). The van der Waals surface area contributed by atoms with E-state index in [0.29, 0.717) is 18.8 Å². The summed E-state index contributed by atoms with van der Waals surface area (Å²) in [5, 5.41) is 9.25. The molecule has 0 aromatic carbocycles. The maximum Gasteiger partial charge on any atom is 0.325 e. The fraction of sp³-hybridized carbons (Fsp3) is 0.857.